The minimum absolute atomic E-state index is 0.165. The van der Waals surface area contributed by atoms with Crippen molar-refractivity contribution < 1.29 is 0 Å². The number of nitrogens with one attached hydrogen (secondary N) is 2. The molecule has 0 heterocycles. The summed E-state index contributed by atoms with van der Waals surface area (Å²) in [6.07, 6.45) is 0. The fourth-order valence-electron chi connectivity index (χ4n) is 2.56. The summed E-state index contributed by atoms with van der Waals surface area (Å²) >= 11 is 7.27. The topological polar surface area (TPSA) is 24.1 Å². The predicted molar refractivity (Wildman–Crippen MR) is 117 cm³/mol. The Morgan fingerprint density at radius 1 is 0.885 bits per heavy atom. The molecule has 0 spiro atoms. The van der Waals surface area contributed by atoms with Crippen LogP contribution in [0.25, 0.3) is 0 Å². The van der Waals surface area contributed by atoms with E-state index in [4.69, 9.17) is 12.2 Å². The van der Waals surface area contributed by atoms with Gasteiger partial charge in [0.1, 0.15) is 0 Å². The van der Waals surface area contributed by atoms with Gasteiger partial charge in [-0.25, -0.2) is 0 Å². The van der Waals surface area contributed by atoms with E-state index in [-0.39, 0.29) is 6.04 Å². The molecule has 0 radical (unpaired) electrons. The van der Waals surface area contributed by atoms with E-state index >= 15 is 0 Å². The van der Waals surface area contributed by atoms with Crippen molar-refractivity contribution >= 4 is 34.8 Å². The van der Waals surface area contributed by atoms with Gasteiger partial charge in [-0.05, 0) is 54.5 Å². The van der Waals surface area contributed by atoms with E-state index in [0.29, 0.717) is 5.11 Å². The molecule has 0 aliphatic heterocycles. The molecule has 0 bridgehead atoms. The molecule has 3 rings (SSSR count). The molecule has 1 atom stereocenters. The number of hydrogen-bond acceptors (Lipinski definition) is 2. The standard InChI is InChI=1S/C22H22N2S2/c1-17(19-8-4-2-5-9-19)23-22(25)24-20-14-12-18(13-15-20)16-26-21-10-6-3-7-11-21/h2-15,17H,16H2,1H3,(H2,23,24,25). The van der Waals surface area contributed by atoms with E-state index in [1.807, 2.05) is 36.0 Å². The molecule has 4 heteroatoms. The van der Waals surface area contributed by atoms with E-state index < -0.39 is 0 Å². The van der Waals surface area contributed by atoms with E-state index in [1.165, 1.54) is 16.0 Å². The van der Waals surface area contributed by atoms with Crippen LogP contribution in [0.3, 0.4) is 0 Å². The molecule has 0 saturated carbocycles. The summed E-state index contributed by atoms with van der Waals surface area (Å²) in [5.41, 5.74) is 3.50. The second-order valence-corrected chi connectivity index (χ2v) is 7.49. The average molecular weight is 379 g/mol. The first-order valence-corrected chi connectivity index (χ1v) is 9.99. The molecule has 0 amide bonds. The van der Waals surface area contributed by atoms with Crippen LogP contribution in [0.2, 0.25) is 0 Å². The minimum atomic E-state index is 0.165. The number of benzene rings is 3. The van der Waals surface area contributed by atoms with Crippen LogP contribution in [-0.2, 0) is 5.75 Å². The zero-order valence-corrected chi connectivity index (χ0v) is 16.3. The van der Waals surface area contributed by atoms with Crippen LogP contribution in [0.1, 0.15) is 24.1 Å². The highest BCUT2D eigenvalue weighted by Gasteiger charge is 2.06. The molecular weight excluding hydrogens is 356 g/mol. The first kappa shape index (κ1) is 18.5. The summed E-state index contributed by atoms with van der Waals surface area (Å²) in [5, 5.41) is 7.21. The number of thiocarbonyl (C=S) groups is 1. The number of anilines is 1. The van der Waals surface area contributed by atoms with Crippen LogP contribution in [-0.4, -0.2) is 5.11 Å². The second-order valence-electron chi connectivity index (χ2n) is 6.03. The van der Waals surface area contributed by atoms with Crippen molar-refractivity contribution in [1.29, 1.82) is 0 Å². The SMILES string of the molecule is CC(NC(=S)Nc1ccc(CSc2ccccc2)cc1)c1ccccc1. The summed E-state index contributed by atoms with van der Waals surface area (Å²) in [7, 11) is 0. The zero-order valence-electron chi connectivity index (χ0n) is 14.7. The molecule has 0 aliphatic rings. The van der Waals surface area contributed by atoms with E-state index in [0.717, 1.165) is 11.4 Å². The van der Waals surface area contributed by atoms with Crippen LogP contribution in [0.5, 0.6) is 0 Å². The Morgan fingerprint density at radius 2 is 1.50 bits per heavy atom. The lowest BCUT2D eigenvalue weighted by Crippen LogP contribution is -2.30. The Hall–Kier alpha value is -2.30. The van der Waals surface area contributed by atoms with E-state index in [2.05, 4.69) is 78.2 Å². The van der Waals surface area contributed by atoms with Crippen molar-refractivity contribution in [3.8, 4) is 0 Å². The van der Waals surface area contributed by atoms with Crippen molar-refractivity contribution in [2.24, 2.45) is 0 Å². The summed E-state index contributed by atoms with van der Waals surface area (Å²) in [5.74, 6) is 0.956. The maximum absolute atomic E-state index is 5.43. The van der Waals surface area contributed by atoms with Gasteiger partial charge in [0.15, 0.2) is 5.11 Å². The maximum Gasteiger partial charge on any atom is 0.171 e. The van der Waals surface area contributed by atoms with E-state index in [9.17, 15) is 0 Å². The van der Waals surface area contributed by atoms with Gasteiger partial charge in [-0.15, -0.1) is 11.8 Å². The predicted octanol–water partition coefficient (Wildman–Crippen LogP) is 6.03. The molecule has 132 valence electrons. The molecule has 0 fully saturated rings. The van der Waals surface area contributed by atoms with Crippen LogP contribution in [0, 0.1) is 0 Å². The highest BCUT2D eigenvalue weighted by Crippen LogP contribution is 2.23. The minimum Gasteiger partial charge on any atom is -0.356 e. The maximum atomic E-state index is 5.43. The molecule has 0 aromatic heterocycles. The lowest BCUT2D eigenvalue weighted by atomic mass is 10.1. The van der Waals surface area contributed by atoms with Gasteiger partial charge in [0, 0.05) is 16.3 Å². The fraction of sp³-hybridized carbons (Fsp3) is 0.136. The fourth-order valence-corrected chi connectivity index (χ4v) is 3.73. The second kappa shape index (κ2) is 9.41. The van der Waals surface area contributed by atoms with Crippen molar-refractivity contribution in [3.63, 3.8) is 0 Å². The van der Waals surface area contributed by atoms with Crippen molar-refractivity contribution in [2.45, 2.75) is 23.6 Å². The molecular formula is C22H22N2S2. The average Bonchev–Trinajstić information content (AvgIpc) is 2.69. The zero-order chi connectivity index (χ0) is 18.2. The molecule has 3 aromatic carbocycles. The van der Waals surface area contributed by atoms with Crippen LogP contribution in [0.15, 0.2) is 89.8 Å². The van der Waals surface area contributed by atoms with Gasteiger partial charge in [0.25, 0.3) is 0 Å². The summed E-state index contributed by atoms with van der Waals surface area (Å²) in [6.45, 7) is 2.10. The van der Waals surface area contributed by atoms with Crippen molar-refractivity contribution in [1.82, 2.24) is 5.32 Å². The smallest absolute Gasteiger partial charge is 0.171 e. The quantitative estimate of drug-likeness (QED) is 0.404. The lowest BCUT2D eigenvalue weighted by molar-refractivity contribution is 0.722. The molecule has 1 unspecified atom stereocenters. The van der Waals surface area contributed by atoms with Gasteiger partial charge in [0.2, 0.25) is 0 Å². The van der Waals surface area contributed by atoms with Crippen LogP contribution >= 0.6 is 24.0 Å². The van der Waals surface area contributed by atoms with Gasteiger partial charge in [0.05, 0.1) is 6.04 Å². The van der Waals surface area contributed by atoms with Gasteiger partial charge in [-0.2, -0.15) is 0 Å². The third-order valence-electron chi connectivity index (χ3n) is 4.01. The normalized spacial score (nSPS) is 11.6. The Kier molecular flexibility index (Phi) is 6.69. The largest absolute Gasteiger partial charge is 0.356 e. The van der Waals surface area contributed by atoms with Gasteiger partial charge in [-0.3, -0.25) is 0 Å². The van der Waals surface area contributed by atoms with Crippen LogP contribution < -0.4 is 10.6 Å². The molecule has 2 N–H and O–H groups in total. The monoisotopic (exact) mass is 378 g/mol. The summed E-state index contributed by atoms with van der Waals surface area (Å²) in [6, 6.07) is 29.3. The highest BCUT2D eigenvalue weighted by atomic mass is 32.2. The number of rotatable bonds is 6. The highest BCUT2D eigenvalue weighted by molar-refractivity contribution is 7.98. The van der Waals surface area contributed by atoms with Gasteiger partial charge < -0.3 is 10.6 Å². The Morgan fingerprint density at radius 3 is 2.15 bits per heavy atom. The number of hydrogen-bond donors (Lipinski definition) is 2. The van der Waals surface area contributed by atoms with E-state index in [1.54, 1.807) is 0 Å². The Labute approximate surface area is 165 Å². The van der Waals surface area contributed by atoms with Gasteiger partial charge in [-0.1, -0.05) is 60.7 Å². The summed E-state index contributed by atoms with van der Waals surface area (Å²) in [4.78, 5) is 1.29. The van der Waals surface area contributed by atoms with Gasteiger partial charge >= 0.3 is 0 Å². The van der Waals surface area contributed by atoms with Crippen LogP contribution in [0.4, 0.5) is 5.69 Å². The molecule has 26 heavy (non-hydrogen) atoms. The Balaban J connectivity index is 1.50. The number of thioether (sulfide) groups is 1. The molecule has 3 aromatic rings. The third kappa shape index (κ3) is 5.61. The molecule has 0 aliphatic carbocycles. The van der Waals surface area contributed by atoms with Crippen molar-refractivity contribution in [2.75, 3.05) is 5.32 Å². The lowest BCUT2D eigenvalue weighted by Gasteiger charge is -2.17. The Bertz CT molecular complexity index is 818. The molecule has 2 nitrogen and oxygen atoms in total. The molecule has 0 saturated heterocycles. The summed E-state index contributed by atoms with van der Waals surface area (Å²) < 4.78 is 0. The first-order valence-electron chi connectivity index (χ1n) is 8.60. The third-order valence-corrected chi connectivity index (χ3v) is 5.31. The first-order chi connectivity index (χ1) is 12.7. The van der Waals surface area contributed by atoms with Crippen molar-refractivity contribution in [3.05, 3.63) is 96.1 Å².